The van der Waals surface area contributed by atoms with Crippen molar-refractivity contribution in [3.63, 3.8) is 0 Å². The lowest BCUT2D eigenvalue weighted by molar-refractivity contribution is -0.143. The summed E-state index contributed by atoms with van der Waals surface area (Å²) < 4.78 is 0. The lowest BCUT2D eigenvalue weighted by Crippen LogP contribution is -2.58. The number of carboxylic acid groups (broad SMARTS) is 2. The van der Waals surface area contributed by atoms with Crippen LogP contribution < -0.4 is 27.0 Å². The number of nitrogens with one attached hydrogen (secondary N) is 4. The van der Waals surface area contributed by atoms with Gasteiger partial charge < -0.3 is 42.3 Å². The Morgan fingerprint density at radius 1 is 0.906 bits per heavy atom. The molecule has 0 radical (unpaired) electrons. The number of rotatable bonds is 14. The molecule has 1 aliphatic rings. The minimum absolute atomic E-state index is 0.306. The van der Waals surface area contributed by atoms with Crippen molar-refractivity contribution < 1.29 is 44.1 Å². The van der Waals surface area contributed by atoms with E-state index in [0.717, 1.165) is 6.42 Å². The van der Waals surface area contributed by atoms with Gasteiger partial charge in [-0.05, 0) is 32.2 Å². The van der Waals surface area contributed by atoms with Gasteiger partial charge in [0.2, 0.25) is 23.6 Å². The Kier molecular flexibility index (Phi) is 11.1. The predicted molar refractivity (Wildman–Crippen MR) is 107 cm³/mol. The summed E-state index contributed by atoms with van der Waals surface area (Å²) >= 11 is 0. The van der Waals surface area contributed by atoms with Crippen LogP contribution in [-0.4, -0.2) is 88.2 Å². The van der Waals surface area contributed by atoms with Gasteiger partial charge in [0.25, 0.3) is 0 Å². The van der Waals surface area contributed by atoms with Crippen molar-refractivity contribution in [1.29, 1.82) is 0 Å². The summed E-state index contributed by atoms with van der Waals surface area (Å²) in [5.74, 6) is -5.96. The van der Waals surface area contributed by atoms with Gasteiger partial charge in [0.15, 0.2) is 0 Å². The average Bonchev–Trinajstić information content (AvgIpc) is 3.26. The van der Waals surface area contributed by atoms with E-state index in [1.54, 1.807) is 0 Å². The Morgan fingerprint density at radius 2 is 1.50 bits per heavy atom. The van der Waals surface area contributed by atoms with Crippen molar-refractivity contribution in [2.45, 2.75) is 62.7 Å². The third-order valence-corrected chi connectivity index (χ3v) is 4.77. The lowest BCUT2D eigenvalue weighted by Gasteiger charge is -2.24. The fourth-order valence-corrected chi connectivity index (χ4v) is 3.00. The standard InChI is InChI=1S/C18H29N5O9/c19-13(25)5-3-11(18(31)32)22-16(29)10(4-6-14(26)27)21-17(30)12(8-24)23-15(28)9-2-1-7-20-9/h9-12,20,24H,1-8H2,(H2,19,25)(H,21,30)(H,22,29)(H,23,28)(H,26,27)(H,31,32). The zero-order chi connectivity index (χ0) is 24.3. The van der Waals surface area contributed by atoms with Gasteiger partial charge in [0.05, 0.1) is 12.6 Å². The molecule has 0 saturated carbocycles. The van der Waals surface area contributed by atoms with Crippen LogP contribution >= 0.6 is 0 Å². The maximum Gasteiger partial charge on any atom is 0.326 e. The first-order valence-corrected chi connectivity index (χ1v) is 10.0. The van der Waals surface area contributed by atoms with E-state index in [4.69, 9.17) is 10.8 Å². The van der Waals surface area contributed by atoms with E-state index in [-0.39, 0.29) is 19.3 Å². The highest BCUT2D eigenvalue weighted by molar-refractivity contribution is 5.94. The molecule has 4 amide bonds. The Morgan fingerprint density at radius 3 is 2.00 bits per heavy atom. The van der Waals surface area contributed by atoms with Gasteiger partial charge in [-0.3, -0.25) is 24.0 Å². The number of primary amides is 1. The Labute approximate surface area is 183 Å². The van der Waals surface area contributed by atoms with Crippen LogP contribution in [0, 0.1) is 0 Å². The Bertz CT molecular complexity index is 724. The third-order valence-electron chi connectivity index (χ3n) is 4.77. The molecule has 9 N–H and O–H groups in total. The number of hydrogen-bond acceptors (Lipinski definition) is 8. The van der Waals surface area contributed by atoms with Gasteiger partial charge in [-0.25, -0.2) is 4.79 Å². The van der Waals surface area contributed by atoms with E-state index in [2.05, 4.69) is 21.3 Å². The highest BCUT2D eigenvalue weighted by atomic mass is 16.4. The number of aliphatic carboxylic acids is 2. The van der Waals surface area contributed by atoms with E-state index in [9.17, 15) is 39.0 Å². The summed E-state index contributed by atoms with van der Waals surface area (Å²) in [6.45, 7) is -0.153. The molecule has 14 nitrogen and oxygen atoms in total. The van der Waals surface area contributed by atoms with Crippen LogP contribution in [0.1, 0.15) is 38.5 Å². The number of nitrogens with two attached hydrogens (primary N) is 1. The largest absolute Gasteiger partial charge is 0.481 e. The number of hydrogen-bond donors (Lipinski definition) is 8. The molecule has 0 aromatic rings. The van der Waals surface area contributed by atoms with E-state index in [1.807, 2.05) is 0 Å². The van der Waals surface area contributed by atoms with Gasteiger partial charge in [-0.2, -0.15) is 0 Å². The van der Waals surface area contributed by atoms with Crippen LogP contribution in [0.4, 0.5) is 0 Å². The lowest BCUT2D eigenvalue weighted by atomic mass is 10.1. The molecular formula is C18H29N5O9. The number of carbonyl (C=O) groups excluding carboxylic acids is 4. The van der Waals surface area contributed by atoms with Crippen molar-refractivity contribution in [2.24, 2.45) is 5.73 Å². The van der Waals surface area contributed by atoms with Crippen molar-refractivity contribution in [3.8, 4) is 0 Å². The molecule has 14 heteroatoms. The zero-order valence-corrected chi connectivity index (χ0v) is 17.3. The average molecular weight is 459 g/mol. The topological polar surface area (TPSA) is 237 Å². The minimum Gasteiger partial charge on any atom is -0.481 e. The SMILES string of the molecule is NC(=O)CCC(NC(=O)C(CCC(=O)O)NC(=O)C(CO)NC(=O)C1CCCN1)C(=O)O. The van der Waals surface area contributed by atoms with Crippen molar-refractivity contribution >= 4 is 35.6 Å². The molecule has 0 aromatic carbocycles. The molecule has 0 spiro atoms. The van der Waals surface area contributed by atoms with E-state index < -0.39 is 72.8 Å². The first-order chi connectivity index (χ1) is 15.0. The summed E-state index contributed by atoms with van der Waals surface area (Å²) in [5, 5.41) is 37.2. The normalized spacial score (nSPS) is 18.1. The smallest absolute Gasteiger partial charge is 0.326 e. The molecule has 0 aliphatic carbocycles. The van der Waals surface area contributed by atoms with E-state index >= 15 is 0 Å². The summed E-state index contributed by atoms with van der Waals surface area (Å²) in [6.07, 6.45) is -0.217. The number of amides is 4. The number of aliphatic hydroxyl groups excluding tert-OH is 1. The molecule has 0 aromatic heterocycles. The fraction of sp³-hybridized carbons (Fsp3) is 0.667. The van der Waals surface area contributed by atoms with Gasteiger partial charge in [-0.15, -0.1) is 0 Å². The summed E-state index contributed by atoms with van der Waals surface area (Å²) in [5.41, 5.74) is 4.98. The van der Waals surface area contributed by atoms with Gasteiger partial charge in [0.1, 0.15) is 18.1 Å². The molecular weight excluding hydrogens is 430 g/mol. The molecule has 0 bridgehead atoms. The molecule has 1 saturated heterocycles. The van der Waals surface area contributed by atoms with Gasteiger partial charge >= 0.3 is 11.9 Å². The number of aliphatic hydroxyl groups is 1. The Balaban J connectivity index is 2.83. The monoisotopic (exact) mass is 459 g/mol. The van der Waals surface area contributed by atoms with Crippen LogP contribution in [0.5, 0.6) is 0 Å². The molecule has 1 aliphatic heterocycles. The first kappa shape index (κ1) is 26.8. The van der Waals surface area contributed by atoms with Crippen molar-refractivity contribution in [1.82, 2.24) is 21.3 Å². The highest BCUT2D eigenvalue weighted by Crippen LogP contribution is 2.06. The van der Waals surface area contributed by atoms with Crippen LogP contribution in [0.2, 0.25) is 0 Å². The second-order valence-corrected chi connectivity index (χ2v) is 7.29. The minimum atomic E-state index is -1.50. The summed E-state index contributed by atoms with van der Waals surface area (Å²) in [7, 11) is 0. The first-order valence-electron chi connectivity index (χ1n) is 10.0. The van der Waals surface area contributed by atoms with Crippen molar-refractivity contribution in [2.75, 3.05) is 13.2 Å². The van der Waals surface area contributed by atoms with Gasteiger partial charge in [-0.1, -0.05) is 0 Å². The van der Waals surface area contributed by atoms with Crippen molar-refractivity contribution in [3.05, 3.63) is 0 Å². The van der Waals surface area contributed by atoms with Crippen LogP contribution in [0.3, 0.4) is 0 Å². The third kappa shape index (κ3) is 9.26. The molecule has 4 atom stereocenters. The highest BCUT2D eigenvalue weighted by Gasteiger charge is 2.31. The van der Waals surface area contributed by atoms with Crippen LogP contribution in [0.15, 0.2) is 0 Å². The fourth-order valence-electron chi connectivity index (χ4n) is 3.00. The second kappa shape index (κ2) is 13.2. The molecule has 1 rings (SSSR count). The maximum absolute atomic E-state index is 12.5. The predicted octanol–water partition coefficient (Wildman–Crippen LogP) is -3.60. The molecule has 1 fully saturated rings. The van der Waals surface area contributed by atoms with Gasteiger partial charge in [0, 0.05) is 12.8 Å². The zero-order valence-electron chi connectivity index (χ0n) is 17.3. The number of carbonyl (C=O) groups is 6. The Hall–Kier alpha value is -3.26. The van der Waals surface area contributed by atoms with Crippen LogP contribution in [0.25, 0.3) is 0 Å². The molecule has 180 valence electrons. The summed E-state index contributed by atoms with van der Waals surface area (Å²) in [4.78, 5) is 70.3. The molecule has 1 heterocycles. The molecule has 4 unspecified atom stereocenters. The van der Waals surface area contributed by atoms with E-state index in [1.165, 1.54) is 0 Å². The van der Waals surface area contributed by atoms with Crippen LogP contribution in [-0.2, 0) is 28.8 Å². The maximum atomic E-state index is 12.5. The number of carboxylic acids is 2. The van der Waals surface area contributed by atoms with E-state index in [0.29, 0.717) is 13.0 Å². The molecule has 32 heavy (non-hydrogen) atoms. The quantitative estimate of drug-likeness (QED) is 0.127. The summed E-state index contributed by atoms with van der Waals surface area (Å²) in [6, 6.07) is -4.90. The second-order valence-electron chi connectivity index (χ2n) is 7.29.